The molecule has 1 heterocycles. The van der Waals surface area contributed by atoms with Crippen molar-refractivity contribution in [3.63, 3.8) is 0 Å². The summed E-state index contributed by atoms with van der Waals surface area (Å²) in [5.74, 6) is -0.555. The van der Waals surface area contributed by atoms with Gasteiger partial charge in [-0.25, -0.2) is 4.39 Å². The Kier molecular flexibility index (Phi) is 9.43. The molecule has 0 N–H and O–H groups in total. The Labute approximate surface area is 243 Å². The van der Waals surface area contributed by atoms with Crippen LogP contribution in [0.4, 0.5) is 4.39 Å². The topological polar surface area (TPSA) is 45.6 Å². The minimum absolute atomic E-state index is 0.0123. The zero-order chi connectivity index (χ0) is 29.6. The first-order chi connectivity index (χ1) is 19.5. The van der Waals surface area contributed by atoms with Gasteiger partial charge in [-0.2, -0.15) is 0 Å². The van der Waals surface area contributed by atoms with Crippen molar-refractivity contribution in [1.82, 2.24) is 14.4 Å². The van der Waals surface area contributed by atoms with Gasteiger partial charge in [0.25, 0.3) is 5.91 Å². The molecule has 0 bridgehead atoms. The summed E-state index contributed by atoms with van der Waals surface area (Å²) in [6, 6.07) is 27.8. The highest BCUT2D eigenvalue weighted by Crippen LogP contribution is 2.23. The van der Waals surface area contributed by atoms with Crippen molar-refractivity contribution in [1.29, 1.82) is 0 Å². The Bertz CT molecular complexity index is 1440. The number of rotatable bonds is 10. The van der Waals surface area contributed by atoms with Crippen molar-refractivity contribution >= 4 is 11.8 Å². The predicted molar refractivity (Wildman–Crippen MR) is 162 cm³/mol. The molecule has 0 atom stereocenters. The first kappa shape index (κ1) is 29.8. The van der Waals surface area contributed by atoms with Crippen LogP contribution in [0.15, 0.2) is 97.2 Å². The molecule has 6 heteroatoms. The van der Waals surface area contributed by atoms with E-state index in [1.54, 1.807) is 21.9 Å². The highest BCUT2D eigenvalue weighted by molar-refractivity contribution is 5.96. The molecule has 0 aliphatic heterocycles. The number of halogens is 1. The van der Waals surface area contributed by atoms with E-state index < -0.39 is 0 Å². The van der Waals surface area contributed by atoms with Gasteiger partial charge in [-0.1, -0.05) is 75.4 Å². The number of benzene rings is 3. The van der Waals surface area contributed by atoms with Gasteiger partial charge in [0, 0.05) is 36.6 Å². The summed E-state index contributed by atoms with van der Waals surface area (Å²) in [6.45, 7) is 11.6. The molecule has 0 saturated heterocycles. The monoisotopic (exact) mass is 553 g/mol. The molecular weight excluding hydrogens is 513 g/mol. The zero-order valence-electron chi connectivity index (χ0n) is 24.7. The molecule has 0 spiro atoms. The van der Waals surface area contributed by atoms with E-state index in [9.17, 15) is 14.0 Å². The van der Waals surface area contributed by atoms with E-state index in [0.29, 0.717) is 25.2 Å². The van der Waals surface area contributed by atoms with E-state index in [-0.39, 0.29) is 35.6 Å². The Balaban J connectivity index is 1.55. The molecule has 41 heavy (non-hydrogen) atoms. The largest absolute Gasteiger partial charge is 0.345 e. The highest BCUT2D eigenvalue weighted by atomic mass is 19.1. The Hall–Kier alpha value is -4.19. The molecule has 4 rings (SSSR count). The van der Waals surface area contributed by atoms with Gasteiger partial charge in [0.2, 0.25) is 5.91 Å². The summed E-state index contributed by atoms with van der Waals surface area (Å²) in [5, 5.41) is 0. The third kappa shape index (κ3) is 7.94. The van der Waals surface area contributed by atoms with Crippen LogP contribution in [0, 0.1) is 5.82 Å². The fourth-order valence-corrected chi connectivity index (χ4v) is 4.78. The zero-order valence-corrected chi connectivity index (χ0v) is 24.7. The van der Waals surface area contributed by atoms with Gasteiger partial charge in [-0.05, 0) is 72.4 Å². The average Bonchev–Trinajstić information content (AvgIpc) is 3.38. The van der Waals surface area contributed by atoms with Crippen molar-refractivity contribution < 1.29 is 14.0 Å². The standard InChI is InChI=1S/C35H40FN3O2/c1-26(2)39(34(41)29-15-17-30(18-16-29)35(3,4)5)25-33(40)38(23-27-10-7-6-8-11-27)24-32-12-9-21-37(32)22-28-13-19-31(36)20-14-28/h6-21,26H,22-25H2,1-5H3. The van der Waals surface area contributed by atoms with Crippen molar-refractivity contribution in [3.8, 4) is 0 Å². The third-order valence-corrected chi connectivity index (χ3v) is 7.30. The van der Waals surface area contributed by atoms with Crippen LogP contribution < -0.4 is 0 Å². The van der Waals surface area contributed by atoms with Crippen molar-refractivity contribution in [2.24, 2.45) is 0 Å². The number of carbonyl (C=O) groups excluding carboxylic acids is 2. The van der Waals surface area contributed by atoms with Crippen LogP contribution in [0.5, 0.6) is 0 Å². The number of amides is 2. The Morgan fingerprint density at radius 2 is 1.46 bits per heavy atom. The van der Waals surface area contributed by atoms with E-state index in [1.165, 1.54) is 12.1 Å². The number of nitrogens with zero attached hydrogens (tertiary/aromatic N) is 3. The van der Waals surface area contributed by atoms with E-state index in [4.69, 9.17) is 0 Å². The Morgan fingerprint density at radius 3 is 2.07 bits per heavy atom. The normalized spacial score (nSPS) is 11.5. The fourth-order valence-electron chi connectivity index (χ4n) is 4.78. The molecule has 5 nitrogen and oxygen atoms in total. The van der Waals surface area contributed by atoms with E-state index >= 15 is 0 Å². The van der Waals surface area contributed by atoms with Crippen LogP contribution in [0.3, 0.4) is 0 Å². The summed E-state index contributed by atoms with van der Waals surface area (Å²) < 4.78 is 15.5. The summed E-state index contributed by atoms with van der Waals surface area (Å²) >= 11 is 0. The first-order valence-electron chi connectivity index (χ1n) is 14.1. The van der Waals surface area contributed by atoms with Crippen LogP contribution >= 0.6 is 0 Å². The molecule has 2 amide bonds. The maximum absolute atomic E-state index is 13.9. The lowest BCUT2D eigenvalue weighted by Crippen LogP contribution is -2.45. The lowest BCUT2D eigenvalue weighted by molar-refractivity contribution is -0.133. The Morgan fingerprint density at radius 1 is 0.805 bits per heavy atom. The van der Waals surface area contributed by atoms with Crippen LogP contribution in [-0.2, 0) is 29.8 Å². The van der Waals surface area contributed by atoms with Crippen LogP contribution in [0.1, 0.15) is 67.4 Å². The highest BCUT2D eigenvalue weighted by Gasteiger charge is 2.26. The van der Waals surface area contributed by atoms with Crippen molar-refractivity contribution in [2.75, 3.05) is 6.54 Å². The van der Waals surface area contributed by atoms with Crippen molar-refractivity contribution in [2.45, 2.75) is 65.7 Å². The van der Waals surface area contributed by atoms with E-state index in [1.807, 2.05) is 86.8 Å². The minimum Gasteiger partial charge on any atom is -0.345 e. The first-order valence-corrected chi connectivity index (χ1v) is 14.1. The van der Waals surface area contributed by atoms with E-state index in [2.05, 4.69) is 25.3 Å². The SMILES string of the molecule is CC(C)N(CC(=O)N(Cc1ccccc1)Cc1cccn1Cc1ccc(F)cc1)C(=O)c1ccc(C(C)(C)C)cc1. The molecule has 0 aliphatic carbocycles. The van der Waals surface area contributed by atoms with Gasteiger partial charge < -0.3 is 14.4 Å². The number of carbonyl (C=O) groups is 2. The van der Waals surface area contributed by atoms with Gasteiger partial charge in [-0.3, -0.25) is 9.59 Å². The van der Waals surface area contributed by atoms with Gasteiger partial charge in [0.15, 0.2) is 0 Å². The molecule has 214 valence electrons. The number of hydrogen-bond acceptors (Lipinski definition) is 2. The minimum atomic E-state index is -0.268. The van der Waals surface area contributed by atoms with Crippen LogP contribution in [-0.4, -0.2) is 38.8 Å². The molecular formula is C35H40FN3O2. The fraction of sp³-hybridized carbons (Fsp3) is 0.314. The van der Waals surface area contributed by atoms with Gasteiger partial charge in [0.1, 0.15) is 12.4 Å². The second-order valence-corrected chi connectivity index (χ2v) is 11.8. The number of hydrogen-bond donors (Lipinski definition) is 0. The molecule has 0 unspecified atom stereocenters. The molecule has 3 aromatic carbocycles. The molecule has 4 aromatic rings. The maximum Gasteiger partial charge on any atom is 0.254 e. The van der Waals surface area contributed by atoms with Crippen LogP contribution in [0.25, 0.3) is 0 Å². The molecule has 0 fully saturated rings. The average molecular weight is 554 g/mol. The lowest BCUT2D eigenvalue weighted by Gasteiger charge is -2.31. The second-order valence-electron chi connectivity index (χ2n) is 11.8. The van der Waals surface area contributed by atoms with Gasteiger partial charge >= 0.3 is 0 Å². The predicted octanol–water partition coefficient (Wildman–Crippen LogP) is 7.05. The quantitative estimate of drug-likeness (QED) is 0.211. The van der Waals surface area contributed by atoms with Crippen molar-refractivity contribution in [3.05, 3.63) is 131 Å². The molecule has 0 aliphatic rings. The summed E-state index contributed by atoms with van der Waals surface area (Å²) in [4.78, 5) is 30.9. The molecule has 1 aromatic heterocycles. The second kappa shape index (κ2) is 13.0. The summed E-state index contributed by atoms with van der Waals surface area (Å²) in [7, 11) is 0. The number of aromatic nitrogens is 1. The van der Waals surface area contributed by atoms with Gasteiger partial charge in [0.05, 0.1) is 6.54 Å². The summed E-state index contributed by atoms with van der Waals surface area (Å²) in [5.41, 5.74) is 4.65. The molecule has 0 saturated carbocycles. The maximum atomic E-state index is 13.9. The summed E-state index contributed by atoms with van der Waals surface area (Å²) in [6.07, 6.45) is 1.97. The molecule has 0 radical (unpaired) electrons. The lowest BCUT2D eigenvalue weighted by atomic mass is 9.86. The third-order valence-electron chi connectivity index (χ3n) is 7.30. The van der Waals surface area contributed by atoms with Gasteiger partial charge in [-0.15, -0.1) is 0 Å². The smallest absolute Gasteiger partial charge is 0.254 e. The van der Waals surface area contributed by atoms with E-state index in [0.717, 1.165) is 22.4 Å². The van der Waals surface area contributed by atoms with Crippen LogP contribution in [0.2, 0.25) is 0 Å².